The van der Waals surface area contributed by atoms with Crippen molar-refractivity contribution in [3.05, 3.63) is 95.5 Å². The second-order valence-corrected chi connectivity index (χ2v) is 11.5. The highest BCUT2D eigenvalue weighted by molar-refractivity contribution is 8.00. The number of nitrogens with two attached hydrogens (primary N) is 1. The molecule has 3 heterocycles. The second-order valence-electron chi connectivity index (χ2n) is 9.05. The molecule has 4 N–H and O–H groups in total. The molecule has 40 heavy (non-hydrogen) atoms. The Bertz CT molecular complexity index is 1760. The lowest BCUT2D eigenvalue weighted by Crippen LogP contribution is -2.28. The number of fused-ring (bicyclic) bond motifs is 7. The molecule has 1 aromatic heterocycles. The summed E-state index contributed by atoms with van der Waals surface area (Å²) in [6, 6.07) is 24.5. The van der Waals surface area contributed by atoms with Gasteiger partial charge in [-0.2, -0.15) is 4.98 Å². The van der Waals surface area contributed by atoms with Crippen LogP contribution in [0.4, 0.5) is 5.82 Å². The standard InChI is InChI=1S/C20H13O4P.C8H11N3O3S/c21-25(22)23-17-11-9-13-5-1-3-7-15(13)19(17)20-16-8-4-2-6-14(16)10-12-18(20)24-25;9-5-1-2-11(8(13)10-5)6-4-15-7(3-12)14-6/h1-12H,(H,21,22);1-2,6-7,12H,3-4H2,(H2,9,10,13)/t;6-,7-/m.1/s1. The van der Waals surface area contributed by atoms with Crippen molar-refractivity contribution >= 4 is 46.9 Å². The molecule has 5 aromatic rings. The summed E-state index contributed by atoms with van der Waals surface area (Å²) in [5.41, 5.74) is 6.22. The van der Waals surface area contributed by atoms with Gasteiger partial charge in [0, 0.05) is 23.1 Å². The highest BCUT2D eigenvalue weighted by Crippen LogP contribution is 2.56. The normalized spacial score (nSPS) is 18.9. The fourth-order valence-corrected chi connectivity index (χ4v) is 6.54. The Kier molecular flexibility index (Phi) is 6.99. The van der Waals surface area contributed by atoms with Crippen LogP contribution in [0.2, 0.25) is 0 Å². The fraction of sp³-hybridized carbons (Fsp3) is 0.143. The molecule has 0 bridgehead atoms. The minimum Gasteiger partial charge on any atom is -0.395 e. The number of anilines is 1. The Balaban J connectivity index is 0.000000165. The minimum atomic E-state index is -4.25. The van der Waals surface area contributed by atoms with E-state index in [2.05, 4.69) is 4.98 Å². The maximum Gasteiger partial charge on any atom is 0.584 e. The molecule has 2 atom stereocenters. The Morgan fingerprint density at radius 1 is 0.925 bits per heavy atom. The summed E-state index contributed by atoms with van der Waals surface area (Å²) in [5.74, 6) is 1.51. The zero-order chi connectivity index (χ0) is 27.9. The topological polar surface area (TPSA) is 146 Å². The average molecular weight is 578 g/mol. The van der Waals surface area contributed by atoms with Crippen LogP contribution >= 0.6 is 19.6 Å². The Morgan fingerprint density at radius 3 is 2.02 bits per heavy atom. The van der Waals surface area contributed by atoms with Crippen molar-refractivity contribution in [2.24, 2.45) is 0 Å². The molecular weight excluding hydrogens is 553 g/mol. The van der Waals surface area contributed by atoms with Gasteiger partial charge in [-0.3, -0.25) is 9.46 Å². The number of phosphoric ester groups is 1. The number of benzene rings is 4. The lowest BCUT2D eigenvalue weighted by atomic mass is 9.92. The van der Waals surface area contributed by atoms with Crippen LogP contribution in [0.3, 0.4) is 0 Å². The quantitative estimate of drug-likeness (QED) is 0.247. The number of aliphatic hydroxyl groups excluding tert-OH is 1. The highest BCUT2D eigenvalue weighted by Gasteiger charge is 2.33. The number of hydrogen-bond acceptors (Lipinski definition) is 9. The van der Waals surface area contributed by atoms with Gasteiger partial charge in [0.1, 0.15) is 29.0 Å². The van der Waals surface area contributed by atoms with Gasteiger partial charge in [0.05, 0.1) is 6.61 Å². The SMILES string of the molecule is Nc1ccn([C@H]2CS[C@H](CO)O2)c(=O)n1.O=P1(O)Oc2ccc3ccccc3c2-c2c(ccc3ccccc23)O1. The van der Waals surface area contributed by atoms with Gasteiger partial charge in [0.15, 0.2) is 0 Å². The van der Waals surface area contributed by atoms with Crippen molar-refractivity contribution in [1.29, 1.82) is 0 Å². The number of thioether (sulfide) groups is 1. The molecule has 2 aliphatic heterocycles. The molecule has 0 aliphatic carbocycles. The molecule has 7 rings (SSSR count). The maximum absolute atomic E-state index is 12.4. The van der Waals surface area contributed by atoms with Gasteiger partial charge in [-0.1, -0.05) is 60.7 Å². The third-order valence-corrected chi connectivity index (χ3v) is 8.47. The van der Waals surface area contributed by atoms with Gasteiger partial charge in [-0.05, 0) is 39.7 Å². The summed E-state index contributed by atoms with van der Waals surface area (Å²) in [4.78, 5) is 25.1. The fourth-order valence-electron chi connectivity index (χ4n) is 4.77. The summed E-state index contributed by atoms with van der Waals surface area (Å²) in [6.45, 7) is -0.0572. The van der Waals surface area contributed by atoms with Crippen LogP contribution in [0.1, 0.15) is 6.23 Å². The van der Waals surface area contributed by atoms with E-state index >= 15 is 0 Å². The first-order valence-electron chi connectivity index (χ1n) is 12.3. The lowest BCUT2D eigenvalue weighted by Gasteiger charge is -2.13. The molecule has 0 saturated carbocycles. The van der Waals surface area contributed by atoms with Crippen LogP contribution in [0, 0.1) is 0 Å². The first kappa shape index (κ1) is 26.4. The number of nitrogen functional groups attached to an aromatic ring is 1. The monoisotopic (exact) mass is 577 g/mol. The van der Waals surface area contributed by atoms with E-state index in [-0.39, 0.29) is 24.1 Å². The van der Waals surface area contributed by atoms with Crippen LogP contribution in [0.25, 0.3) is 32.7 Å². The number of nitrogens with zero attached hydrogens (tertiary/aromatic N) is 2. The number of phosphoric acid groups is 1. The number of aromatic nitrogens is 2. The number of ether oxygens (including phenoxy) is 1. The highest BCUT2D eigenvalue weighted by atomic mass is 32.2. The van der Waals surface area contributed by atoms with Crippen molar-refractivity contribution in [2.45, 2.75) is 11.7 Å². The van der Waals surface area contributed by atoms with Crippen LogP contribution in [0.15, 0.2) is 89.9 Å². The molecule has 10 nitrogen and oxygen atoms in total. The van der Waals surface area contributed by atoms with E-state index in [1.165, 1.54) is 16.3 Å². The molecule has 0 spiro atoms. The smallest absolute Gasteiger partial charge is 0.395 e. The van der Waals surface area contributed by atoms with Crippen LogP contribution in [0.5, 0.6) is 11.5 Å². The molecule has 1 fully saturated rings. The van der Waals surface area contributed by atoms with Crippen LogP contribution in [-0.2, 0) is 9.30 Å². The van der Waals surface area contributed by atoms with Gasteiger partial charge in [0.25, 0.3) is 0 Å². The molecule has 2 aliphatic rings. The number of aliphatic hydroxyl groups is 1. The van der Waals surface area contributed by atoms with E-state index in [0.29, 0.717) is 17.3 Å². The van der Waals surface area contributed by atoms with Gasteiger partial charge < -0.3 is 24.6 Å². The number of rotatable bonds is 2. The largest absolute Gasteiger partial charge is 0.584 e. The molecule has 204 valence electrons. The van der Waals surface area contributed by atoms with Crippen molar-refractivity contribution in [2.75, 3.05) is 18.1 Å². The van der Waals surface area contributed by atoms with E-state index in [1.807, 2.05) is 60.7 Å². The molecule has 0 amide bonds. The molecule has 4 aromatic carbocycles. The molecule has 0 unspecified atom stereocenters. The molecule has 1 saturated heterocycles. The third-order valence-electron chi connectivity index (χ3n) is 6.50. The van der Waals surface area contributed by atoms with Crippen molar-refractivity contribution in [3.63, 3.8) is 0 Å². The number of hydrogen-bond donors (Lipinski definition) is 3. The Labute approximate surface area is 232 Å². The van der Waals surface area contributed by atoms with Crippen LogP contribution < -0.4 is 20.5 Å². The zero-order valence-electron chi connectivity index (χ0n) is 20.9. The second kappa shape index (κ2) is 10.6. The Morgan fingerprint density at radius 2 is 1.50 bits per heavy atom. The van der Waals surface area contributed by atoms with Gasteiger partial charge in [-0.25, -0.2) is 9.36 Å². The Hall–Kier alpha value is -3.86. The summed E-state index contributed by atoms with van der Waals surface area (Å²) in [6.07, 6.45) is 1.18. The first-order chi connectivity index (χ1) is 19.3. The van der Waals surface area contributed by atoms with E-state index in [1.54, 1.807) is 24.4 Å². The van der Waals surface area contributed by atoms with Gasteiger partial charge in [-0.15, -0.1) is 11.8 Å². The maximum atomic E-state index is 12.4. The van der Waals surface area contributed by atoms with E-state index in [4.69, 9.17) is 24.6 Å². The summed E-state index contributed by atoms with van der Waals surface area (Å²) in [7, 11) is -4.25. The van der Waals surface area contributed by atoms with E-state index < -0.39 is 13.5 Å². The van der Waals surface area contributed by atoms with Crippen LogP contribution in [-0.4, -0.2) is 37.3 Å². The third kappa shape index (κ3) is 5.05. The molecule has 12 heteroatoms. The van der Waals surface area contributed by atoms with Crippen molar-refractivity contribution in [1.82, 2.24) is 9.55 Å². The predicted octanol–water partition coefficient (Wildman–Crippen LogP) is 4.94. The summed E-state index contributed by atoms with van der Waals surface area (Å²) < 4.78 is 29.9. The molecular formula is C28H24N3O7PS. The summed E-state index contributed by atoms with van der Waals surface area (Å²) in [5, 5.41) is 12.8. The molecule has 0 radical (unpaired) electrons. The van der Waals surface area contributed by atoms with Crippen molar-refractivity contribution < 1.29 is 28.3 Å². The minimum absolute atomic E-state index is 0.0572. The average Bonchev–Trinajstić information content (AvgIpc) is 3.37. The first-order valence-corrected chi connectivity index (χ1v) is 14.9. The van der Waals surface area contributed by atoms with E-state index in [0.717, 1.165) is 32.7 Å². The predicted molar refractivity (Wildman–Crippen MR) is 154 cm³/mol. The zero-order valence-corrected chi connectivity index (χ0v) is 22.6. The lowest BCUT2D eigenvalue weighted by molar-refractivity contribution is -0.00629. The van der Waals surface area contributed by atoms with Gasteiger partial charge in [0.2, 0.25) is 0 Å². The van der Waals surface area contributed by atoms with Gasteiger partial charge >= 0.3 is 13.5 Å². The van der Waals surface area contributed by atoms with E-state index in [9.17, 15) is 14.3 Å². The summed E-state index contributed by atoms with van der Waals surface area (Å²) >= 11 is 1.47. The van der Waals surface area contributed by atoms with Crippen molar-refractivity contribution in [3.8, 4) is 22.6 Å².